The summed E-state index contributed by atoms with van der Waals surface area (Å²) in [7, 11) is 0. The van der Waals surface area contributed by atoms with Crippen molar-refractivity contribution in [2.24, 2.45) is 11.8 Å². The van der Waals surface area contributed by atoms with Crippen LogP contribution in [0.15, 0.2) is 29.2 Å². The van der Waals surface area contributed by atoms with E-state index in [1.807, 2.05) is 11.8 Å². The van der Waals surface area contributed by atoms with E-state index >= 15 is 0 Å². The van der Waals surface area contributed by atoms with Gasteiger partial charge in [0.25, 0.3) is 0 Å². The zero-order valence-corrected chi connectivity index (χ0v) is 13.6. The summed E-state index contributed by atoms with van der Waals surface area (Å²) < 4.78 is 0. The van der Waals surface area contributed by atoms with Crippen LogP contribution in [0, 0.1) is 11.8 Å². The second-order valence-corrected chi connectivity index (χ2v) is 7.90. The lowest BCUT2D eigenvalue weighted by molar-refractivity contribution is 0.218. The molecule has 0 amide bonds. The summed E-state index contributed by atoms with van der Waals surface area (Å²) in [6.07, 6.45) is 6.87. The Kier molecular flexibility index (Phi) is 4.72. The maximum absolute atomic E-state index is 3.99. The average Bonchev–Trinajstić information content (AvgIpc) is 2.48. The molecular weight excluding hydrogens is 262 g/mol. The normalized spacial score (nSPS) is 30.2. The van der Waals surface area contributed by atoms with Crippen LogP contribution in [0.3, 0.4) is 0 Å². The first-order chi connectivity index (χ1) is 9.74. The number of fused-ring (bicyclic) bond motifs is 1. The van der Waals surface area contributed by atoms with Crippen LogP contribution in [0.4, 0.5) is 0 Å². The molecule has 0 spiro atoms. The molecule has 2 heteroatoms. The molecule has 2 aliphatic rings. The van der Waals surface area contributed by atoms with Gasteiger partial charge in [0.05, 0.1) is 0 Å². The molecule has 1 aliphatic heterocycles. The maximum Gasteiger partial charge on any atom is 0.0341 e. The van der Waals surface area contributed by atoms with Crippen molar-refractivity contribution in [1.29, 1.82) is 0 Å². The van der Waals surface area contributed by atoms with Gasteiger partial charge in [-0.15, -0.1) is 11.8 Å². The van der Waals surface area contributed by atoms with E-state index in [9.17, 15) is 0 Å². The third-order valence-electron chi connectivity index (χ3n) is 5.05. The minimum absolute atomic E-state index is 0.586. The summed E-state index contributed by atoms with van der Waals surface area (Å²) in [5.41, 5.74) is 1.54. The minimum Gasteiger partial charge on any atom is -0.307 e. The summed E-state index contributed by atoms with van der Waals surface area (Å²) in [5, 5.41) is 3.99. The van der Waals surface area contributed by atoms with E-state index in [0.717, 1.165) is 17.9 Å². The number of hydrogen-bond donors (Lipinski definition) is 1. The van der Waals surface area contributed by atoms with Crippen molar-refractivity contribution in [2.75, 3.05) is 5.75 Å². The number of rotatable bonds is 3. The fourth-order valence-electron chi connectivity index (χ4n) is 3.78. The highest BCUT2D eigenvalue weighted by molar-refractivity contribution is 7.99. The van der Waals surface area contributed by atoms with Gasteiger partial charge in [-0.1, -0.05) is 44.9 Å². The summed E-state index contributed by atoms with van der Waals surface area (Å²) in [4.78, 5) is 1.49. The Labute approximate surface area is 127 Å². The molecule has 3 rings (SSSR count). The molecule has 1 aromatic rings. The average molecular weight is 289 g/mol. The number of thioether (sulfide) groups is 1. The van der Waals surface area contributed by atoms with Gasteiger partial charge in [0.1, 0.15) is 0 Å². The Bertz CT molecular complexity index is 443. The van der Waals surface area contributed by atoms with Gasteiger partial charge in [-0.05, 0) is 48.5 Å². The number of nitrogens with one attached hydrogen (secondary N) is 1. The van der Waals surface area contributed by atoms with Crippen LogP contribution in [0.5, 0.6) is 0 Å². The highest BCUT2D eigenvalue weighted by Crippen LogP contribution is 2.38. The molecular formula is C18H27NS. The van der Waals surface area contributed by atoms with Crippen molar-refractivity contribution in [2.45, 2.75) is 62.9 Å². The SMILES string of the molecule is CC(C)C1CCCC(NC2CCSc3ccccc32)C1. The lowest BCUT2D eigenvalue weighted by Crippen LogP contribution is -2.38. The van der Waals surface area contributed by atoms with Crippen LogP contribution in [0.2, 0.25) is 0 Å². The molecule has 1 aliphatic carbocycles. The molecule has 110 valence electrons. The Morgan fingerprint density at radius 1 is 1.15 bits per heavy atom. The monoisotopic (exact) mass is 289 g/mol. The van der Waals surface area contributed by atoms with E-state index in [-0.39, 0.29) is 0 Å². The molecule has 0 radical (unpaired) electrons. The third kappa shape index (κ3) is 3.23. The Hall–Kier alpha value is -0.470. The van der Waals surface area contributed by atoms with E-state index < -0.39 is 0 Å². The van der Waals surface area contributed by atoms with Crippen molar-refractivity contribution < 1.29 is 0 Å². The zero-order valence-electron chi connectivity index (χ0n) is 12.8. The Balaban J connectivity index is 1.66. The molecule has 20 heavy (non-hydrogen) atoms. The van der Waals surface area contributed by atoms with Crippen LogP contribution in [-0.2, 0) is 0 Å². The third-order valence-corrected chi connectivity index (χ3v) is 6.18. The summed E-state index contributed by atoms with van der Waals surface area (Å²) in [5.74, 6) is 3.03. The topological polar surface area (TPSA) is 12.0 Å². The van der Waals surface area contributed by atoms with Crippen LogP contribution in [-0.4, -0.2) is 11.8 Å². The van der Waals surface area contributed by atoms with Gasteiger partial charge in [0.2, 0.25) is 0 Å². The molecule has 0 aromatic heterocycles. The highest BCUT2D eigenvalue weighted by atomic mass is 32.2. The van der Waals surface area contributed by atoms with Crippen LogP contribution < -0.4 is 5.32 Å². The fraction of sp³-hybridized carbons (Fsp3) is 0.667. The van der Waals surface area contributed by atoms with Crippen molar-refractivity contribution in [1.82, 2.24) is 5.32 Å². The summed E-state index contributed by atoms with van der Waals surface area (Å²) in [6.45, 7) is 4.78. The quantitative estimate of drug-likeness (QED) is 0.837. The molecule has 3 atom stereocenters. The standard InChI is InChI=1S/C18H27NS/c1-13(2)14-6-5-7-15(12-14)19-17-10-11-20-18-9-4-3-8-16(17)18/h3-4,8-9,13-15,17,19H,5-7,10-12H2,1-2H3. The second kappa shape index (κ2) is 6.53. The van der Waals surface area contributed by atoms with Gasteiger partial charge in [-0.3, -0.25) is 0 Å². The fourth-order valence-corrected chi connectivity index (χ4v) is 4.91. The van der Waals surface area contributed by atoms with Crippen LogP contribution in [0.25, 0.3) is 0 Å². The summed E-state index contributed by atoms with van der Waals surface area (Å²) in [6, 6.07) is 10.3. The minimum atomic E-state index is 0.586. The first kappa shape index (κ1) is 14.5. The maximum atomic E-state index is 3.99. The highest BCUT2D eigenvalue weighted by Gasteiger charge is 2.28. The molecule has 0 saturated heterocycles. The van der Waals surface area contributed by atoms with Crippen molar-refractivity contribution in [3.63, 3.8) is 0 Å². The molecule has 1 N–H and O–H groups in total. The predicted molar refractivity (Wildman–Crippen MR) is 88.2 cm³/mol. The van der Waals surface area contributed by atoms with Gasteiger partial charge in [0, 0.05) is 17.0 Å². The number of hydrogen-bond acceptors (Lipinski definition) is 2. The van der Waals surface area contributed by atoms with Gasteiger partial charge in [0.15, 0.2) is 0 Å². The van der Waals surface area contributed by atoms with E-state index in [0.29, 0.717) is 6.04 Å². The van der Waals surface area contributed by atoms with Crippen LogP contribution >= 0.6 is 11.8 Å². The molecule has 1 nitrogen and oxygen atoms in total. The molecule has 3 unspecified atom stereocenters. The first-order valence-corrected chi connectivity index (χ1v) is 9.20. The van der Waals surface area contributed by atoms with E-state index in [4.69, 9.17) is 0 Å². The van der Waals surface area contributed by atoms with Crippen molar-refractivity contribution in [3.05, 3.63) is 29.8 Å². The Morgan fingerprint density at radius 2 is 2.00 bits per heavy atom. The molecule has 0 bridgehead atoms. The smallest absolute Gasteiger partial charge is 0.0341 e. The first-order valence-electron chi connectivity index (χ1n) is 8.22. The van der Waals surface area contributed by atoms with Crippen molar-refractivity contribution >= 4 is 11.8 Å². The zero-order chi connectivity index (χ0) is 13.9. The van der Waals surface area contributed by atoms with E-state index in [2.05, 4.69) is 43.4 Å². The van der Waals surface area contributed by atoms with Gasteiger partial charge >= 0.3 is 0 Å². The molecule has 1 aromatic carbocycles. The lowest BCUT2D eigenvalue weighted by atomic mass is 9.79. The van der Waals surface area contributed by atoms with Crippen LogP contribution in [0.1, 0.15) is 57.6 Å². The molecule has 1 fully saturated rings. The second-order valence-electron chi connectivity index (χ2n) is 6.76. The largest absolute Gasteiger partial charge is 0.307 e. The van der Waals surface area contributed by atoms with Gasteiger partial charge in [-0.2, -0.15) is 0 Å². The molecule has 1 heterocycles. The summed E-state index contributed by atoms with van der Waals surface area (Å²) >= 11 is 2.02. The molecule has 1 saturated carbocycles. The van der Waals surface area contributed by atoms with E-state index in [1.54, 1.807) is 0 Å². The lowest BCUT2D eigenvalue weighted by Gasteiger charge is -2.36. The predicted octanol–water partition coefficient (Wildman–Crippen LogP) is 5.03. The number of benzene rings is 1. The Morgan fingerprint density at radius 3 is 2.85 bits per heavy atom. The van der Waals surface area contributed by atoms with Crippen molar-refractivity contribution in [3.8, 4) is 0 Å². The van der Waals surface area contributed by atoms with E-state index in [1.165, 1.54) is 48.3 Å². The van der Waals surface area contributed by atoms with Gasteiger partial charge in [-0.25, -0.2) is 0 Å². The van der Waals surface area contributed by atoms with Gasteiger partial charge < -0.3 is 5.32 Å².